The van der Waals surface area contributed by atoms with E-state index in [1.165, 1.54) is 0 Å². The van der Waals surface area contributed by atoms with Crippen LogP contribution in [-0.4, -0.2) is 111 Å². The summed E-state index contributed by atoms with van der Waals surface area (Å²) in [6, 6.07) is 34.8. The highest BCUT2D eigenvalue weighted by Crippen LogP contribution is 2.46. The first-order chi connectivity index (χ1) is 33.5. The maximum absolute atomic E-state index is 14.2. The van der Waals surface area contributed by atoms with E-state index in [4.69, 9.17) is 19.4 Å². The number of carboxylic acid groups (broad SMARTS) is 1. The average molecular weight is 927 g/mol. The summed E-state index contributed by atoms with van der Waals surface area (Å²) in [5, 5.41) is 14.5. The maximum Gasteiger partial charge on any atom is 0.407 e. The van der Waals surface area contributed by atoms with Crippen LogP contribution in [0.4, 0.5) is 15.5 Å². The van der Waals surface area contributed by atoms with Gasteiger partial charge in [-0.3, -0.25) is 9.69 Å². The van der Waals surface area contributed by atoms with Crippen molar-refractivity contribution >= 4 is 39.9 Å². The van der Waals surface area contributed by atoms with Gasteiger partial charge in [0.15, 0.2) is 5.60 Å². The van der Waals surface area contributed by atoms with Gasteiger partial charge in [-0.15, -0.1) is 0 Å². The van der Waals surface area contributed by atoms with Gasteiger partial charge in [-0.05, 0) is 97.0 Å². The topological polar surface area (TPSA) is 158 Å². The van der Waals surface area contributed by atoms with E-state index in [1.807, 2.05) is 79.9 Å². The normalized spacial score (nSPS) is 19.6. The van der Waals surface area contributed by atoms with Gasteiger partial charge in [0.2, 0.25) is 5.95 Å². The lowest BCUT2D eigenvalue weighted by Crippen LogP contribution is -2.58. The number of carbonyl (C=O) groups excluding carboxylic acids is 1. The van der Waals surface area contributed by atoms with Crippen LogP contribution in [0.25, 0.3) is 44.1 Å². The van der Waals surface area contributed by atoms with Crippen molar-refractivity contribution in [3.05, 3.63) is 148 Å². The van der Waals surface area contributed by atoms with Crippen LogP contribution in [-0.2, 0) is 22.1 Å². The van der Waals surface area contributed by atoms with E-state index in [0.29, 0.717) is 36.2 Å². The van der Waals surface area contributed by atoms with Crippen LogP contribution in [0, 0.1) is 5.92 Å². The molecule has 14 heteroatoms. The Morgan fingerprint density at radius 1 is 0.826 bits per heavy atom. The van der Waals surface area contributed by atoms with E-state index in [2.05, 4.69) is 63.4 Å². The summed E-state index contributed by atoms with van der Waals surface area (Å²) in [6.45, 7) is 7.95. The zero-order valence-corrected chi connectivity index (χ0v) is 39.3. The maximum atomic E-state index is 14.2. The van der Waals surface area contributed by atoms with Crippen molar-refractivity contribution in [2.45, 2.75) is 69.2 Å². The average Bonchev–Trinajstić information content (AvgIpc) is 3.94. The van der Waals surface area contributed by atoms with Crippen molar-refractivity contribution in [2.75, 3.05) is 50.8 Å². The molecule has 3 N–H and O–H groups in total. The largest absolute Gasteiger partial charge is 0.465 e. The third kappa shape index (κ3) is 8.39. The van der Waals surface area contributed by atoms with Crippen LogP contribution in [0.1, 0.15) is 67.8 Å². The number of alkyl carbamates (subject to hydrolysis) is 1. The van der Waals surface area contributed by atoms with E-state index in [0.717, 1.165) is 101 Å². The van der Waals surface area contributed by atoms with Gasteiger partial charge in [-0.1, -0.05) is 84.9 Å². The number of ether oxygens (including phenoxy) is 2. The molecule has 354 valence electrons. The molecule has 0 spiro atoms. The highest BCUT2D eigenvalue weighted by molar-refractivity contribution is 5.97. The third-order valence-corrected chi connectivity index (χ3v) is 15.0. The number of piperazine rings is 1. The lowest BCUT2D eigenvalue weighted by atomic mass is 9.86. The second-order valence-electron chi connectivity index (χ2n) is 19.5. The number of pyridine rings is 1. The summed E-state index contributed by atoms with van der Waals surface area (Å²) >= 11 is 0. The summed E-state index contributed by atoms with van der Waals surface area (Å²) in [6.07, 6.45) is 5.81. The number of aryl methyl sites for hydroxylation is 1. The van der Waals surface area contributed by atoms with E-state index in [9.17, 15) is 19.5 Å². The molecule has 11 rings (SSSR count). The number of rotatable bonds is 12. The molecule has 0 radical (unpaired) electrons. The van der Waals surface area contributed by atoms with Crippen LogP contribution in [0.3, 0.4) is 0 Å². The Hall–Kier alpha value is -7.03. The third-order valence-electron chi connectivity index (χ3n) is 15.0. The highest BCUT2D eigenvalue weighted by atomic mass is 16.6. The molecule has 0 unspecified atom stereocenters. The van der Waals surface area contributed by atoms with Gasteiger partial charge < -0.3 is 39.2 Å². The molecule has 3 fully saturated rings. The van der Waals surface area contributed by atoms with Crippen molar-refractivity contribution in [3.8, 4) is 22.3 Å². The smallest absolute Gasteiger partial charge is 0.407 e. The standard InChI is InChI=1S/C55H58N8O6/c1-34-29-63(54(66)67)35(2)28-62(34)30-36-22-25-61(26-23-36)52-58-48-20-17-37(46-31-60(3)51(64)49-44(46)21-24-56-49)27-45(48)50(59-52)55(69-39-18-19-39,38-11-5-4-6-12-38)33-57-53(65)68-32-47-42-15-9-7-13-40(42)41-14-8-10-16-43(41)47/h4-17,20-21,24,27,31,34-36,39,47,56H,18-19,22-23,25-26,28-30,32-33H2,1-3H3,(H,57,65)(H,66,67)/t34-,35+,55-/m0/s1. The molecule has 2 aliphatic heterocycles. The Balaban J connectivity index is 0.954. The molecule has 2 amide bonds. The molecule has 5 heterocycles. The monoisotopic (exact) mass is 926 g/mol. The van der Waals surface area contributed by atoms with E-state index in [1.54, 1.807) is 22.7 Å². The van der Waals surface area contributed by atoms with Gasteiger partial charge in [0.25, 0.3) is 5.56 Å². The van der Waals surface area contributed by atoms with Crippen molar-refractivity contribution in [2.24, 2.45) is 13.0 Å². The Bertz CT molecular complexity index is 3080. The quantitative estimate of drug-likeness (QED) is 0.108. The van der Waals surface area contributed by atoms with E-state index in [-0.39, 0.29) is 42.8 Å². The predicted molar refractivity (Wildman–Crippen MR) is 267 cm³/mol. The minimum absolute atomic E-state index is 0.0374. The number of anilines is 1. The van der Waals surface area contributed by atoms with Crippen molar-refractivity contribution in [3.63, 3.8) is 0 Å². The molecule has 3 aromatic heterocycles. The fourth-order valence-corrected chi connectivity index (χ4v) is 11.1. The fourth-order valence-electron chi connectivity index (χ4n) is 11.1. The number of aromatic nitrogens is 4. The second-order valence-corrected chi connectivity index (χ2v) is 19.5. The first-order valence-corrected chi connectivity index (χ1v) is 24.3. The second kappa shape index (κ2) is 18.1. The summed E-state index contributed by atoms with van der Waals surface area (Å²) in [5.41, 5.74) is 7.72. The van der Waals surface area contributed by atoms with Crippen molar-refractivity contribution < 1.29 is 24.2 Å². The molecule has 4 aromatic carbocycles. The number of nitrogens with one attached hydrogen (secondary N) is 2. The van der Waals surface area contributed by atoms with E-state index >= 15 is 0 Å². The number of carbonyl (C=O) groups is 2. The summed E-state index contributed by atoms with van der Waals surface area (Å²) in [7, 11) is 1.76. The summed E-state index contributed by atoms with van der Waals surface area (Å²) in [5.74, 6) is 0.931. The lowest BCUT2D eigenvalue weighted by molar-refractivity contribution is -0.0314. The molecule has 7 aromatic rings. The Morgan fingerprint density at radius 2 is 1.54 bits per heavy atom. The molecular formula is C55H58N8O6. The van der Waals surface area contributed by atoms with Crippen LogP contribution >= 0.6 is 0 Å². The molecule has 69 heavy (non-hydrogen) atoms. The molecule has 2 aliphatic carbocycles. The summed E-state index contributed by atoms with van der Waals surface area (Å²) < 4.78 is 15.0. The van der Waals surface area contributed by atoms with Crippen LogP contribution < -0.4 is 15.8 Å². The minimum atomic E-state index is -1.27. The number of amides is 2. The molecular weight excluding hydrogens is 869 g/mol. The first kappa shape index (κ1) is 44.5. The number of benzene rings is 4. The van der Waals surface area contributed by atoms with Crippen molar-refractivity contribution in [1.29, 1.82) is 0 Å². The van der Waals surface area contributed by atoms with Crippen LogP contribution in [0.2, 0.25) is 0 Å². The van der Waals surface area contributed by atoms with Gasteiger partial charge in [0.1, 0.15) is 12.1 Å². The van der Waals surface area contributed by atoms with Gasteiger partial charge in [0, 0.05) is 86.5 Å². The fraction of sp³-hybridized carbons (Fsp3) is 0.364. The molecule has 14 nitrogen and oxygen atoms in total. The molecule has 2 saturated heterocycles. The highest BCUT2D eigenvalue weighted by Gasteiger charge is 2.45. The lowest BCUT2D eigenvalue weighted by Gasteiger charge is -2.45. The SMILES string of the molecule is C[C@@H]1CN(CC2CCN(c3nc([C@@](CNC(=O)OCC4c5ccccc5-c5ccccc54)(OC4CC4)c4ccccc4)c4cc(-c5cn(C)c(=O)c6[nH]ccc56)ccc4n3)CC2)[C@@H](C)CN1C(=O)O. The van der Waals surface area contributed by atoms with Gasteiger partial charge in [-0.2, -0.15) is 0 Å². The number of hydrogen-bond acceptors (Lipinski definition) is 9. The van der Waals surface area contributed by atoms with Gasteiger partial charge >= 0.3 is 12.2 Å². The number of piperidine rings is 1. The Kier molecular flexibility index (Phi) is 11.7. The predicted octanol–water partition coefficient (Wildman–Crippen LogP) is 8.73. The summed E-state index contributed by atoms with van der Waals surface area (Å²) in [4.78, 5) is 59.5. The van der Waals surface area contributed by atoms with Crippen LogP contribution in [0.15, 0.2) is 120 Å². The zero-order valence-electron chi connectivity index (χ0n) is 39.3. The zero-order chi connectivity index (χ0) is 47.4. The minimum Gasteiger partial charge on any atom is -0.465 e. The number of hydrogen-bond donors (Lipinski definition) is 3. The Morgan fingerprint density at radius 3 is 2.25 bits per heavy atom. The number of aromatic amines is 1. The Labute approximate surface area is 400 Å². The molecule has 0 bridgehead atoms. The molecule has 3 atom stereocenters. The number of H-pyrrole nitrogens is 1. The molecule has 4 aliphatic rings. The number of fused-ring (bicyclic) bond motifs is 5. The first-order valence-electron chi connectivity index (χ1n) is 24.3. The van der Waals surface area contributed by atoms with Gasteiger partial charge in [0.05, 0.1) is 23.9 Å². The molecule has 1 saturated carbocycles. The van der Waals surface area contributed by atoms with Gasteiger partial charge in [-0.25, -0.2) is 19.6 Å². The number of nitrogens with zero attached hydrogens (tertiary/aromatic N) is 6. The van der Waals surface area contributed by atoms with Crippen molar-refractivity contribution in [1.82, 2.24) is 34.6 Å². The van der Waals surface area contributed by atoms with Crippen LogP contribution in [0.5, 0.6) is 0 Å². The van der Waals surface area contributed by atoms with E-state index < -0.39 is 17.8 Å².